The Labute approximate surface area is 123 Å². The highest BCUT2D eigenvalue weighted by atomic mass is 32.2. The second-order valence-electron chi connectivity index (χ2n) is 4.06. The van der Waals surface area contributed by atoms with Gasteiger partial charge in [0.1, 0.15) is 0 Å². The van der Waals surface area contributed by atoms with E-state index in [0.717, 1.165) is 4.90 Å². The van der Waals surface area contributed by atoms with E-state index in [0.29, 0.717) is 4.90 Å². The predicted octanol–water partition coefficient (Wildman–Crippen LogP) is 3.15. The first-order valence-electron chi connectivity index (χ1n) is 5.81. The van der Waals surface area contributed by atoms with Gasteiger partial charge in [0.25, 0.3) is 11.4 Å². The molecule has 0 saturated heterocycles. The van der Waals surface area contributed by atoms with E-state index in [4.69, 9.17) is 5.11 Å². The first-order valence-corrected chi connectivity index (χ1v) is 6.63. The maximum Gasteiger partial charge on any atom is 0.274 e. The van der Waals surface area contributed by atoms with Crippen LogP contribution in [0.3, 0.4) is 0 Å². The van der Waals surface area contributed by atoms with E-state index in [-0.39, 0.29) is 16.9 Å². The van der Waals surface area contributed by atoms with Gasteiger partial charge in [-0.1, -0.05) is 11.8 Å². The summed E-state index contributed by atoms with van der Waals surface area (Å²) < 4.78 is 0. The van der Waals surface area contributed by atoms with Gasteiger partial charge in [-0.25, -0.2) is 0 Å². The van der Waals surface area contributed by atoms with Crippen molar-refractivity contribution in [1.29, 1.82) is 0 Å². The molecule has 0 atom stereocenters. The average Bonchev–Trinajstić information content (AvgIpc) is 2.47. The van der Waals surface area contributed by atoms with Crippen LogP contribution < -0.4 is 0 Å². The lowest BCUT2D eigenvalue weighted by atomic mass is 10.2. The SMILES string of the molecule is O=[N+]([O-])c1ccc(Sc2ccc([N+](=O)[O-])c(CO)c2)cc1. The summed E-state index contributed by atoms with van der Waals surface area (Å²) in [6.45, 7) is -0.426. The molecule has 0 aliphatic heterocycles. The number of non-ortho nitro benzene ring substituents is 1. The standard InChI is InChI=1S/C13H10N2O5S/c16-8-9-7-12(5-6-13(9)15(19)20)21-11-3-1-10(2-4-11)14(17)18/h1-7,16H,8H2. The highest BCUT2D eigenvalue weighted by Gasteiger charge is 2.14. The summed E-state index contributed by atoms with van der Waals surface area (Å²) in [5.41, 5.74) is 0.0940. The third-order valence-electron chi connectivity index (χ3n) is 2.70. The molecule has 0 unspecified atom stereocenters. The van der Waals surface area contributed by atoms with Gasteiger partial charge < -0.3 is 5.11 Å². The molecular weight excluding hydrogens is 296 g/mol. The average molecular weight is 306 g/mol. The van der Waals surface area contributed by atoms with Gasteiger partial charge >= 0.3 is 0 Å². The molecule has 0 amide bonds. The minimum absolute atomic E-state index is 0.000836. The van der Waals surface area contributed by atoms with Crippen LogP contribution in [0.5, 0.6) is 0 Å². The Hall–Kier alpha value is -2.45. The van der Waals surface area contributed by atoms with Gasteiger partial charge in [-0.2, -0.15) is 0 Å². The molecule has 21 heavy (non-hydrogen) atoms. The van der Waals surface area contributed by atoms with Crippen LogP contribution >= 0.6 is 11.8 Å². The summed E-state index contributed by atoms with van der Waals surface area (Å²) >= 11 is 1.30. The van der Waals surface area contributed by atoms with Gasteiger partial charge in [0.2, 0.25) is 0 Å². The fraction of sp³-hybridized carbons (Fsp3) is 0.0769. The molecule has 7 nitrogen and oxygen atoms in total. The Morgan fingerprint density at radius 1 is 0.952 bits per heavy atom. The largest absolute Gasteiger partial charge is 0.391 e. The molecule has 8 heteroatoms. The summed E-state index contributed by atoms with van der Waals surface area (Å²) in [7, 11) is 0. The first kappa shape index (κ1) is 14.9. The van der Waals surface area contributed by atoms with E-state index >= 15 is 0 Å². The van der Waals surface area contributed by atoms with Crippen molar-refractivity contribution in [2.24, 2.45) is 0 Å². The molecule has 0 aliphatic rings. The quantitative estimate of drug-likeness (QED) is 0.671. The fourth-order valence-corrected chi connectivity index (χ4v) is 2.58. The van der Waals surface area contributed by atoms with Crippen molar-refractivity contribution in [3.8, 4) is 0 Å². The van der Waals surface area contributed by atoms with Crippen LogP contribution in [0.4, 0.5) is 11.4 Å². The van der Waals surface area contributed by atoms with Crippen molar-refractivity contribution < 1.29 is 15.0 Å². The number of aliphatic hydroxyl groups is 1. The number of hydrogen-bond donors (Lipinski definition) is 1. The maximum atomic E-state index is 10.8. The molecule has 108 valence electrons. The van der Waals surface area contributed by atoms with Crippen molar-refractivity contribution >= 4 is 23.1 Å². The summed E-state index contributed by atoms with van der Waals surface area (Å²) in [5.74, 6) is 0. The van der Waals surface area contributed by atoms with E-state index < -0.39 is 16.5 Å². The maximum absolute atomic E-state index is 10.8. The van der Waals surface area contributed by atoms with Gasteiger partial charge in [-0.15, -0.1) is 0 Å². The highest BCUT2D eigenvalue weighted by Crippen LogP contribution is 2.32. The Kier molecular flexibility index (Phi) is 4.51. The van der Waals surface area contributed by atoms with Gasteiger partial charge in [0.15, 0.2) is 0 Å². The summed E-state index contributed by atoms with van der Waals surface area (Å²) in [5, 5.41) is 30.5. The number of benzene rings is 2. The lowest BCUT2D eigenvalue weighted by Crippen LogP contribution is -1.95. The molecule has 0 saturated carbocycles. The van der Waals surface area contributed by atoms with Crippen molar-refractivity contribution in [3.05, 3.63) is 68.3 Å². The fourth-order valence-electron chi connectivity index (χ4n) is 1.70. The highest BCUT2D eigenvalue weighted by molar-refractivity contribution is 7.99. The number of hydrogen-bond acceptors (Lipinski definition) is 6. The molecule has 0 spiro atoms. The van der Waals surface area contributed by atoms with Crippen molar-refractivity contribution in [2.45, 2.75) is 16.4 Å². The number of rotatable bonds is 5. The molecule has 0 radical (unpaired) electrons. The molecule has 2 aromatic carbocycles. The van der Waals surface area contributed by atoms with Crippen LogP contribution in [-0.2, 0) is 6.61 Å². The molecule has 0 heterocycles. The van der Waals surface area contributed by atoms with Crippen molar-refractivity contribution in [3.63, 3.8) is 0 Å². The van der Waals surface area contributed by atoms with E-state index in [1.54, 1.807) is 18.2 Å². The van der Waals surface area contributed by atoms with Crippen LogP contribution in [0, 0.1) is 20.2 Å². The second-order valence-corrected chi connectivity index (χ2v) is 5.21. The molecule has 0 aliphatic carbocycles. The Balaban J connectivity index is 2.23. The van der Waals surface area contributed by atoms with Crippen LogP contribution in [0.2, 0.25) is 0 Å². The van der Waals surface area contributed by atoms with Crippen LogP contribution in [0.15, 0.2) is 52.3 Å². The summed E-state index contributed by atoms with van der Waals surface area (Å²) in [6, 6.07) is 10.4. The Morgan fingerprint density at radius 3 is 2.10 bits per heavy atom. The lowest BCUT2D eigenvalue weighted by Gasteiger charge is -2.04. The molecule has 2 aromatic rings. The Bertz CT molecular complexity index is 687. The van der Waals surface area contributed by atoms with Crippen molar-refractivity contribution in [2.75, 3.05) is 0 Å². The van der Waals surface area contributed by atoms with Gasteiger partial charge in [-0.05, 0) is 24.3 Å². The summed E-state index contributed by atoms with van der Waals surface area (Å²) in [4.78, 5) is 21.8. The minimum Gasteiger partial charge on any atom is -0.391 e. The third-order valence-corrected chi connectivity index (χ3v) is 3.70. The number of nitrogens with zero attached hydrogens (tertiary/aromatic N) is 2. The summed E-state index contributed by atoms with van der Waals surface area (Å²) in [6.07, 6.45) is 0. The molecule has 0 fully saturated rings. The smallest absolute Gasteiger partial charge is 0.274 e. The lowest BCUT2D eigenvalue weighted by molar-refractivity contribution is -0.385. The van der Waals surface area contributed by atoms with Gasteiger partial charge in [0, 0.05) is 28.0 Å². The normalized spacial score (nSPS) is 10.3. The van der Waals surface area contributed by atoms with E-state index in [1.165, 1.54) is 36.0 Å². The zero-order valence-corrected chi connectivity index (χ0v) is 11.4. The monoisotopic (exact) mass is 306 g/mol. The first-order chi connectivity index (χ1) is 10.0. The third kappa shape index (κ3) is 3.56. The topological polar surface area (TPSA) is 107 Å². The van der Waals surface area contributed by atoms with Gasteiger partial charge in [0.05, 0.1) is 22.0 Å². The zero-order chi connectivity index (χ0) is 15.4. The Morgan fingerprint density at radius 2 is 1.57 bits per heavy atom. The van der Waals surface area contributed by atoms with E-state index in [1.807, 2.05) is 0 Å². The molecule has 1 N–H and O–H groups in total. The number of nitro benzene ring substituents is 2. The molecule has 0 bridgehead atoms. The molecule has 0 aromatic heterocycles. The van der Waals surface area contributed by atoms with Crippen LogP contribution in [0.25, 0.3) is 0 Å². The minimum atomic E-state index is -0.550. The van der Waals surface area contributed by atoms with E-state index in [9.17, 15) is 20.2 Å². The molecular formula is C13H10N2O5S. The van der Waals surface area contributed by atoms with Crippen LogP contribution in [0.1, 0.15) is 5.56 Å². The number of nitro groups is 2. The number of aliphatic hydroxyl groups excluding tert-OH is 1. The molecule has 2 rings (SSSR count). The second kappa shape index (κ2) is 6.33. The van der Waals surface area contributed by atoms with Crippen LogP contribution in [-0.4, -0.2) is 15.0 Å². The van der Waals surface area contributed by atoms with Gasteiger partial charge in [-0.3, -0.25) is 20.2 Å². The van der Waals surface area contributed by atoms with Crippen molar-refractivity contribution in [1.82, 2.24) is 0 Å². The van der Waals surface area contributed by atoms with E-state index in [2.05, 4.69) is 0 Å². The zero-order valence-electron chi connectivity index (χ0n) is 10.6. The predicted molar refractivity (Wildman–Crippen MR) is 76.2 cm³/mol.